The van der Waals surface area contributed by atoms with Crippen molar-refractivity contribution in [3.8, 4) is 0 Å². The average Bonchev–Trinajstić information content (AvgIpc) is 2.66. The molecule has 0 radical (unpaired) electrons. The third-order valence-corrected chi connectivity index (χ3v) is 3.31. The van der Waals surface area contributed by atoms with Gasteiger partial charge in [-0.25, -0.2) is 0 Å². The average molecular weight is 234 g/mol. The fraction of sp³-hybridized carbons (Fsp3) is 0.273. The first-order chi connectivity index (χ1) is 7.65. The Morgan fingerprint density at radius 3 is 2.88 bits per heavy atom. The summed E-state index contributed by atoms with van der Waals surface area (Å²) in [5.74, 6) is 0.831. The standard InChI is InChI=1S/C11H14N4S/c1-8-5-10(3-4-11(8)12)16-7-9-6-15(2)14-13-9/h3-6H,7,12H2,1-2H3. The first kappa shape index (κ1) is 11.0. The Bertz CT molecular complexity index is 492. The first-order valence-electron chi connectivity index (χ1n) is 4.99. The maximum atomic E-state index is 5.76. The zero-order valence-electron chi connectivity index (χ0n) is 9.34. The van der Waals surface area contributed by atoms with Gasteiger partial charge in [0.25, 0.3) is 0 Å². The third kappa shape index (κ3) is 2.55. The molecule has 0 atom stereocenters. The molecule has 0 saturated carbocycles. The summed E-state index contributed by atoms with van der Waals surface area (Å²) in [4.78, 5) is 1.21. The smallest absolute Gasteiger partial charge is 0.0929 e. The number of benzene rings is 1. The maximum absolute atomic E-state index is 5.76. The Labute approximate surface area is 98.8 Å². The lowest BCUT2D eigenvalue weighted by atomic mass is 10.2. The van der Waals surface area contributed by atoms with E-state index in [1.807, 2.05) is 32.3 Å². The number of hydrogen-bond acceptors (Lipinski definition) is 4. The van der Waals surface area contributed by atoms with Gasteiger partial charge in [-0.05, 0) is 30.7 Å². The van der Waals surface area contributed by atoms with Crippen molar-refractivity contribution >= 4 is 17.4 Å². The molecule has 2 aromatic rings. The molecule has 84 valence electrons. The molecule has 4 nitrogen and oxygen atoms in total. The van der Waals surface area contributed by atoms with E-state index in [1.54, 1.807) is 16.4 Å². The molecule has 0 unspecified atom stereocenters. The topological polar surface area (TPSA) is 56.7 Å². The summed E-state index contributed by atoms with van der Waals surface area (Å²) in [5.41, 5.74) is 8.70. The molecular weight excluding hydrogens is 220 g/mol. The number of thioether (sulfide) groups is 1. The van der Waals surface area contributed by atoms with Crippen LogP contribution in [0.5, 0.6) is 0 Å². The molecule has 0 amide bonds. The Morgan fingerprint density at radius 1 is 1.44 bits per heavy atom. The predicted molar refractivity (Wildman–Crippen MR) is 66.2 cm³/mol. The normalized spacial score (nSPS) is 10.6. The molecule has 2 N–H and O–H groups in total. The van der Waals surface area contributed by atoms with Crippen LogP contribution in [0.2, 0.25) is 0 Å². The second-order valence-electron chi connectivity index (χ2n) is 3.69. The minimum atomic E-state index is 0.831. The van der Waals surface area contributed by atoms with Crippen LogP contribution in [0.3, 0.4) is 0 Å². The number of aryl methyl sites for hydroxylation is 2. The van der Waals surface area contributed by atoms with Crippen LogP contribution in [-0.4, -0.2) is 15.0 Å². The highest BCUT2D eigenvalue weighted by Gasteiger charge is 2.01. The SMILES string of the molecule is Cc1cc(SCc2cn(C)nn2)ccc1N. The van der Waals surface area contributed by atoms with Crippen molar-refractivity contribution in [3.05, 3.63) is 35.7 Å². The third-order valence-electron chi connectivity index (χ3n) is 2.28. The molecule has 0 saturated heterocycles. The van der Waals surface area contributed by atoms with Gasteiger partial charge in [0, 0.05) is 29.6 Å². The van der Waals surface area contributed by atoms with Gasteiger partial charge in [-0.3, -0.25) is 4.68 Å². The molecule has 5 heteroatoms. The quantitative estimate of drug-likeness (QED) is 0.652. The van der Waals surface area contributed by atoms with Gasteiger partial charge in [0.05, 0.1) is 5.69 Å². The van der Waals surface area contributed by atoms with E-state index >= 15 is 0 Å². The number of nitrogen functional groups attached to an aromatic ring is 1. The molecule has 2 rings (SSSR count). The molecule has 0 aliphatic rings. The molecule has 1 heterocycles. The van der Waals surface area contributed by atoms with Crippen LogP contribution >= 0.6 is 11.8 Å². The Hall–Kier alpha value is -1.49. The maximum Gasteiger partial charge on any atom is 0.0929 e. The van der Waals surface area contributed by atoms with Crippen molar-refractivity contribution < 1.29 is 0 Å². The van der Waals surface area contributed by atoms with Crippen molar-refractivity contribution in [2.75, 3.05) is 5.73 Å². The van der Waals surface area contributed by atoms with Crippen LogP contribution in [0.15, 0.2) is 29.3 Å². The van der Waals surface area contributed by atoms with Gasteiger partial charge in [0.1, 0.15) is 0 Å². The second-order valence-corrected chi connectivity index (χ2v) is 4.74. The van der Waals surface area contributed by atoms with Gasteiger partial charge >= 0.3 is 0 Å². The van der Waals surface area contributed by atoms with Crippen molar-refractivity contribution in [3.63, 3.8) is 0 Å². The second kappa shape index (κ2) is 4.57. The zero-order chi connectivity index (χ0) is 11.5. The van der Waals surface area contributed by atoms with E-state index in [9.17, 15) is 0 Å². The van der Waals surface area contributed by atoms with Crippen LogP contribution in [0.25, 0.3) is 0 Å². The fourth-order valence-electron chi connectivity index (χ4n) is 1.36. The van der Waals surface area contributed by atoms with Crippen molar-refractivity contribution in [2.45, 2.75) is 17.6 Å². The van der Waals surface area contributed by atoms with E-state index < -0.39 is 0 Å². The molecular formula is C11H14N4S. The van der Waals surface area contributed by atoms with Gasteiger partial charge in [0.2, 0.25) is 0 Å². The minimum absolute atomic E-state index is 0.831. The highest BCUT2D eigenvalue weighted by Crippen LogP contribution is 2.24. The van der Waals surface area contributed by atoms with Crippen LogP contribution < -0.4 is 5.73 Å². The Morgan fingerprint density at radius 2 is 2.25 bits per heavy atom. The van der Waals surface area contributed by atoms with Crippen LogP contribution in [0.4, 0.5) is 5.69 Å². The van der Waals surface area contributed by atoms with E-state index in [-0.39, 0.29) is 0 Å². The fourth-order valence-corrected chi connectivity index (χ4v) is 2.23. The summed E-state index contributed by atoms with van der Waals surface area (Å²) in [5, 5.41) is 7.93. The van der Waals surface area contributed by atoms with Crippen LogP contribution in [0, 0.1) is 6.92 Å². The summed E-state index contributed by atoms with van der Waals surface area (Å²) >= 11 is 1.74. The largest absolute Gasteiger partial charge is 0.399 e. The van der Waals surface area contributed by atoms with Gasteiger partial charge in [-0.2, -0.15) is 0 Å². The lowest BCUT2D eigenvalue weighted by Gasteiger charge is -2.03. The molecule has 0 spiro atoms. The summed E-state index contributed by atoms with van der Waals surface area (Å²) < 4.78 is 1.71. The number of anilines is 1. The van der Waals surface area contributed by atoms with Crippen LogP contribution in [0.1, 0.15) is 11.3 Å². The van der Waals surface area contributed by atoms with Gasteiger partial charge in [-0.15, -0.1) is 16.9 Å². The van der Waals surface area contributed by atoms with Crippen molar-refractivity contribution in [1.82, 2.24) is 15.0 Å². The highest BCUT2D eigenvalue weighted by molar-refractivity contribution is 7.98. The first-order valence-corrected chi connectivity index (χ1v) is 5.98. The number of nitrogens with two attached hydrogens (primary N) is 1. The monoisotopic (exact) mass is 234 g/mol. The van der Waals surface area contributed by atoms with Gasteiger partial charge in [-0.1, -0.05) is 5.21 Å². The van der Waals surface area contributed by atoms with Gasteiger partial charge < -0.3 is 5.73 Å². The van der Waals surface area contributed by atoms with E-state index in [2.05, 4.69) is 16.4 Å². The number of hydrogen-bond donors (Lipinski definition) is 1. The number of aromatic nitrogens is 3. The Balaban J connectivity index is 2.02. The molecule has 16 heavy (non-hydrogen) atoms. The summed E-state index contributed by atoms with van der Waals surface area (Å²) in [6.07, 6.45) is 1.93. The molecule has 0 bridgehead atoms. The molecule has 1 aromatic carbocycles. The zero-order valence-corrected chi connectivity index (χ0v) is 10.2. The molecule has 1 aromatic heterocycles. The highest BCUT2D eigenvalue weighted by atomic mass is 32.2. The van der Waals surface area contributed by atoms with Crippen LogP contribution in [-0.2, 0) is 12.8 Å². The summed E-state index contributed by atoms with van der Waals surface area (Å²) in [6, 6.07) is 6.06. The van der Waals surface area contributed by atoms with Crippen molar-refractivity contribution in [2.24, 2.45) is 7.05 Å². The van der Waals surface area contributed by atoms with E-state index in [0.717, 1.165) is 22.7 Å². The van der Waals surface area contributed by atoms with Gasteiger partial charge in [0.15, 0.2) is 0 Å². The van der Waals surface area contributed by atoms with E-state index in [4.69, 9.17) is 5.73 Å². The summed E-state index contributed by atoms with van der Waals surface area (Å²) in [6.45, 7) is 2.02. The molecule has 0 aliphatic carbocycles. The molecule has 0 fully saturated rings. The lowest BCUT2D eigenvalue weighted by Crippen LogP contribution is -1.89. The summed E-state index contributed by atoms with van der Waals surface area (Å²) in [7, 11) is 1.87. The predicted octanol–water partition coefficient (Wildman–Crippen LogP) is 2.00. The van der Waals surface area contributed by atoms with E-state index in [1.165, 1.54) is 4.90 Å². The number of nitrogens with zero attached hydrogens (tertiary/aromatic N) is 3. The number of rotatable bonds is 3. The minimum Gasteiger partial charge on any atom is -0.399 e. The molecule has 0 aliphatic heterocycles. The van der Waals surface area contributed by atoms with Crippen molar-refractivity contribution in [1.29, 1.82) is 0 Å². The Kier molecular flexibility index (Phi) is 3.14. The van der Waals surface area contributed by atoms with E-state index in [0.29, 0.717) is 0 Å². The lowest BCUT2D eigenvalue weighted by molar-refractivity contribution is 0.714.